The van der Waals surface area contributed by atoms with Crippen molar-refractivity contribution in [1.29, 1.82) is 0 Å². The number of likely N-dealkylation sites (tertiary alicyclic amines) is 1. The number of carbonyl (C=O) groups excluding carboxylic acids is 1. The van der Waals surface area contributed by atoms with E-state index in [0.717, 1.165) is 51.7 Å². The quantitative estimate of drug-likeness (QED) is 0.535. The van der Waals surface area contributed by atoms with Crippen LogP contribution in [0.1, 0.15) is 32.1 Å². The van der Waals surface area contributed by atoms with Gasteiger partial charge in [0.2, 0.25) is 0 Å². The molecule has 0 unspecified atom stereocenters. The van der Waals surface area contributed by atoms with Crippen molar-refractivity contribution in [2.24, 2.45) is 0 Å². The third-order valence-corrected chi connectivity index (χ3v) is 2.42. The maximum atomic E-state index is 11.5. The van der Waals surface area contributed by atoms with E-state index in [1.807, 2.05) is 4.90 Å². The molecular weight excluding hydrogens is 176 g/mol. The summed E-state index contributed by atoms with van der Waals surface area (Å²) in [6.07, 6.45) is 10.2. The summed E-state index contributed by atoms with van der Waals surface area (Å²) in [6.45, 7) is 2.57. The van der Waals surface area contributed by atoms with Gasteiger partial charge in [0.15, 0.2) is 0 Å². The van der Waals surface area contributed by atoms with Crippen LogP contribution < -0.4 is 5.32 Å². The van der Waals surface area contributed by atoms with E-state index < -0.39 is 0 Å². The minimum absolute atomic E-state index is 0.0863. The van der Waals surface area contributed by atoms with Crippen molar-refractivity contribution in [2.45, 2.75) is 32.1 Å². The number of hydrogen-bond donors (Lipinski definition) is 1. The van der Waals surface area contributed by atoms with Crippen LogP contribution in [0.15, 0.2) is 0 Å². The summed E-state index contributed by atoms with van der Waals surface area (Å²) in [7, 11) is 0. The number of rotatable bonds is 4. The monoisotopic (exact) mass is 194 g/mol. The second kappa shape index (κ2) is 6.31. The molecule has 3 nitrogen and oxygen atoms in total. The Hall–Kier alpha value is -1.17. The number of terminal acetylenes is 1. The smallest absolute Gasteiger partial charge is 0.317 e. The normalized spacial score (nSPS) is 15.2. The highest BCUT2D eigenvalue weighted by molar-refractivity contribution is 5.74. The average molecular weight is 194 g/mol. The van der Waals surface area contributed by atoms with Gasteiger partial charge in [-0.25, -0.2) is 4.79 Å². The minimum Gasteiger partial charge on any atom is -0.338 e. The Labute approximate surface area is 85.9 Å². The number of amides is 2. The van der Waals surface area contributed by atoms with Crippen molar-refractivity contribution >= 4 is 6.03 Å². The number of nitrogens with one attached hydrogen (secondary N) is 1. The van der Waals surface area contributed by atoms with E-state index in [0.29, 0.717) is 0 Å². The summed E-state index contributed by atoms with van der Waals surface area (Å²) in [5.41, 5.74) is 0. The van der Waals surface area contributed by atoms with Crippen molar-refractivity contribution in [2.75, 3.05) is 19.6 Å². The standard InChI is InChI=1S/C11H18N2O/c1-2-3-4-5-8-12-11(14)13-9-6-7-10-13/h1H,3-10H2,(H,12,14). The van der Waals surface area contributed by atoms with E-state index in [4.69, 9.17) is 6.42 Å². The molecule has 0 spiro atoms. The van der Waals surface area contributed by atoms with Crippen LogP contribution in [0.3, 0.4) is 0 Å². The molecule has 1 aliphatic rings. The minimum atomic E-state index is 0.0863. The Bertz CT molecular complexity index is 214. The highest BCUT2D eigenvalue weighted by Gasteiger charge is 2.16. The molecule has 2 amide bonds. The number of urea groups is 1. The predicted molar refractivity (Wildman–Crippen MR) is 56.9 cm³/mol. The summed E-state index contributed by atoms with van der Waals surface area (Å²) in [5.74, 6) is 2.59. The molecule has 0 aromatic carbocycles. The SMILES string of the molecule is C#CCCCCNC(=O)N1CCCC1. The van der Waals surface area contributed by atoms with E-state index in [1.165, 1.54) is 0 Å². The van der Waals surface area contributed by atoms with Crippen LogP contribution >= 0.6 is 0 Å². The Kier molecular flexibility index (Phi) is 4.92. The van der Waals surface area contributed by atoms with Gasteiger partial charge < -0.3 is 10.2 Å². The maximum Gasteiger partial charge on any atom is 0.317 e. The van der Waals surface area contributed by atoms with Crippen molar-refractivity contribution in [3.8, 4) is 12.3 Å². The van der Waals surface area contributed by atoms with Crippen LogP contribution in [0, 0.1) is 12.3 Å². The van der Waals surface area contributed by atoms with Gasteiger partial charge in [-0.05, 0) is 25.7 Å². The van der Waals surface area contributed by atoms with Gasteiger partial charge in [-0.1, -0.05) is 0 Å². The molecule has 1 heterocycles. The highest BCUT2D eigenvalue weighted by Crippen LogP contribution is 2.06. The van der Waals surface area contributed by atoms with E-state index in [2.05, 4.69) is 11.2 Å². The van der Waals surface area contributed by atoms with Crippen LogP contribution in [0.25, 0.3) is 0 Å². The zero-order chi connectivity index (χ0) is 10.2. The Morgan fingerprint density at radius 2 is 2.07 bits per heavy atom. The molecule has 0 aromatic rings. The van der Waals surface area contributed by atoms with Gasteiger partial charge in [-0.15, -0.1) is 12.3 Å². The van der Waals surface area contributed by atoms with E-state index in [-0.39, 0.29) is 6.03 Å². The third kappa shape index (κ3) is 3.69. The first kappa shape index (κ1) is 10.9. The first-order valence-corrected chi connectivity index (χ1v) is 5.31. The molecule has 0 aliphatic carbocycles. The fourth-order valence-electron chi connectivity index (χ4n) is 1.58. The van der Waals surface area contributed by atoms with Crippen molar-refractivity contribution in [1.82, 2.24) is 10.2 Å². The molecular formula is C11H18N2O. The molecule has 0 aromatic heterocycles. The molecule has 1 N–H and O–H groups in total. The molecule has 1 fully saturated rings. The molecule has 0 bridgehead atoms. The highest BCUT2D eigenvalue weighted by atomic mass is 16.2. The molecule has 0 atom stereocenters. The van der Waals surface area contributed by atoms with E-state index in [9.17, 15) is 4.79 Å². The van der Waals surface area contributed by atoms with Gasteiger partial charge in [0.1, 0.15) is 0 Å². The topological polar surface area (TPSA) is 32.3 Å². The molecule has 1 aliphatic heterocycles. The lowest BCUT2D eigenvalue weighted by Gasteiger charge is -2.15. The zero-order valence-corrected chi connectivity index (χ0v) is 8.59. The molecule has 1 rings (SSSR count). The zero-order valence-electron chi connectivity index (χ0n) is 8.59. The van der Waals surface area contributed by atoms with Crippen molar-refractivity contribution in [3.63, 3.8) is 0 Å². The van der Waals surface area contributed by atoms with Gasteiger partial charge in [-0.2, -0.15) is 0 Å². The lowest BCUT2D eigenvalue weighted by molar-refractivity contribution is 0.208. The van der Waals surface area contributed by atoms with Crippen LogP contribution in [-0.4, -0.2) is 30.6 Å². The third-order valence-electron chi connectivity index (χ3n) is 2.42. The number of unbranched alkanes of at least 4 members (excludes halogenated alkanes) is 2. The predicted octanol–water partition coefficient (Wildman–Crippen LogP) is 1.60. The molecule has 3 heteroatoms. The summed E-state index contributed by atoms with van der Waals surface area (Å²) in [6, 6.07) is 0.0863. The van der Waals surface area contributed by atoms with Crippen LogP contribution in [0.2, 0.25) is 0 Å². The van der Waals surface area contributed by atoms with Crippen molar-refractivity contribution in [3.05, 3.63) is 0 Å². The van der Waals surface area contributed by atoms with Crippen LogP contribution in [0.5, 0.6) is 0 Å². The first-order valence-electron chi connectivity index (χ1n) is 5.31. The van der Waals surface area contributed by atoms with Crippen molar-refractivity contribution < 1.29 is 4.79 Å². The average Bonchev–Trinajstić information content (AvgIpc) is 2.70. The second-order valence-corrected chi connectivity index (χ2v) is 3.59. The number of carbonyl (C=O) groups is 1. The van der Waals surface area contributed by atoms with Gasteiger partial charge in [-0.3, -0.25) is 0 Å². The van der Waals surface area contributed by atoms with Gasteiger partial charge in [0.05, 0.1) is 0 Å². The van der Waals surface area contributed by atoms with Gasteiger partial charge >= 0.3 is 6.03 Å². The fraction of sp³-hybridized carbons (Fsp3) is 0.727. The first-order chi connectivity index (χ1) is 6.84. The second-order valence-electron chi connectivity index (χ2n) is 3.59. The summed E-state index contributed by atoms with van der Waals surface area (Å²) < 4.78 is 0. The van der Waals surface area contributed by atoms with Gasteiger partial charge in [0, 0.05) is 26.1 Å². The van der Waals surface area contributed by atoms with Crippen LogP contribution in [0.4, 0.5) is 4.79 Å². The summed E-state index contributed by atoms with van der Waals surface area (Å²) >= 11 is 0. The molecule has 1 saturated heterocycles. The van der Waals surface area contributed by atoms with E-state index in [1.54, 1.807) is 0 Å². The maximum absolute atomic E-state index is 11.5. The van der Waals surface area contributed by atoms with E-state index >= 15 is 0 Å². The number of hydrogen-bond acceptors (Lipinski definition) is 1. The molecule has 0 radical (unpaired) electrons. The lowest BCUT2D eigenvalue weighted by Crippen LogP contribution is -2.38. The molecule has 0 saturated carbocycles. The Morgan fingerprint density at radius 1 is 1.36 bits per heavy atom. The number of nitrogens with zero attached hydrogens (tertiary/aromatic N) is 1. The van der Waals surface area contributed by atoms with Gasteiger partial charge in [0.25, 0.3) is 0 Å². The van der Waals surface area contributed by atoms with Crippen LogP contribution in [-0.2, 0) is 0 Å². The summed E-state index contributed by atoms with van der Waals surface area (Å²) in [4.78, 5) is 13.3. The fourth-order valence-corrected chi connectivity index (χ4v) is 1.58. The molecule has 14 heavy (non-hydrogen) atoms. The molecule has 78 valence electrons. The summed E-state index contributed by atoms with van der Waals surface area (Å²) in [5, 5.41) is 2.90. The Balaban J connectivity index is 2.00. The Morgan fingerprint density at radius 3 is 2.71 bits per heavy atom. The largest absolute Gasteiger partial charge is 0.338 e. The lowest BCUT2D eigenvalue weighted by atomic mass is 10.2.